The molecule has 0 unspecified atom stereocenters. The van der Waals surface area contributed by atoms with E-state index >= 15 is 0 Å². The van der Waals surface area contributed by atoms with Crippen molar-refractivity contribution >= 4 is 22.0 Å². The summed E-state index contributed by atoms with van der Waals surface area (Å²) in [5.41, 5.74) is 11.7. The fraction of sp³-hybridized carbons (Fsp3) is 0.231. The molecule has 0 fully saturated rings. The van der Waals surface area contributed by atoms with Crippen LogP contribution in [0.2, 0.25) is 0 Å². The molecule has 0 atom stereocenters. The maximum Gasteiger partial charge on any atom is 0.0256 e. The average molecular weight is 430 g/mol. The van der Waals surface area contributed by atoms with Crippen LogP contribution >= 0.6 is 15.9 Å². The molecule has 2 heteroatoms. The minimum Gasteiger partial charge on any atom is -0.365 e. The second kappa shape index (κ2) is 7.60. The summed E-state index contributed by atoms with van der Waals surface area (Å²) in [5, 5.41) is 3.20. The molecule has 0 spiro atoms. The second-order valence-electron chi connectivity index (χ2n) is 7.79. The third-order valence-corrected chi connectivity index (χ3v) is 6.75. The Bertz CT molecular complexity index is 1050. The van der Waals surface area contributed by atoms with Crippen LogP contribution in [0.1, 0.15) is 41.5 Å². The molecule has 0 aromatic heterocycles. The molecule has 2 aliphatic heterocycles. The first kappa shape index (κ1) is 17.8. The zero-order valence-electron chi connectivity index (χ0n) is 16.0. The first-order chi connectivity index (χ1) is 13.8. The van der Waals surface area contributed by atoms with E-state index in [0.29, 0.717) is 0 Å². The van der Waals surface area contributed by atoms with Crippen LogP contribution in [0.3, 0.4) is 0 Å². The summed E-state index contributed by atoms with van der Waals surface area (Å²) < 4.78 is 1.23. The molecule has 28 heavy (non-hydrogen) atoms. The predicted molar refractivity (Wildman–Crippen MR) is 122 cm³/mol. The van der Waals surface area contributed by atoms with Crippen molar-refractivity contribution in [3.05, 3.63) is 98.8 Å². The maximum absolute atomic E-state index is 3.73. The lowest BCUT2D eigenvalue weighted by Gasteiger charge is -2.26. The maximum atomic E-state index is 3.73. The molecule has 3 aliphatic carbocycles. The highest BCUT2D eigenvalue weighted by molar-refractivity contribution is 9.10. The first-order valence-corrected chi connectivity index (χ1v) is 11.0. The second-order valence-corrected chi connectivity index (χ2v) is 8.64. The fourth-order valence-corrected chi connectivity index (χ4v) is 5.25. The molecular weight excluding hydrogens is 406 g/mol. The van der Waals surface area contributed by atoms with Gasteiger partial charge in [-0.05, 0) is 95.7 Å². The molecule has 2 bridgehead atoms. The van der Waals surface area contributed by atoms with Gasteiger partial charge in [-0.1, -0.05) is 58.4 Å². The Kier molecular flexibility index (Phi) is 4.82. The van der Waals surface area contributed by atoms with Gasteiger partial charge in [0.15, 0.2) is 0 Å². The highest BCUT2D eigenvalue weighted by Gasteiger charge is 2.22. The van der Waals surface area contributed by atoms with Crippen LogP contribution < -0.4 is 5.32 Å². The Morgan fingerprint density at radius 3 is 2.68 bits per heavy atom. The number of allylic oxidation sites excluding steroid dienone is 6. The predicted octanol–water partition coefficient (Wildman–Crippen LogP) is 6.88. The number of halogens is 1. The molecule has 7 rings (SSSR count). The molecule has 0 radical (unpaired) electrons. The average Bonchev–Trinajstić information content (AvgIpc) is 3.12. The Morgan fingerprint density at radius 1 is 0.821 bits per heavy atom. The van der Waals surface area contributed by atoms with Gasteiger partial charge in [-0.25, -0.2) is 0 Å². The van der Waals surface area contributed by atoms with E-state index in [4.69, 9.17) is 0 Å². The van der Waals surface area contributed by atoms with Crippen LogP contribution in [-0.2, 0) is 19.3 Å². The Labute approximate surface area is 175 Å². The highest BCUT2D eigenvalue weighted by Crippen LogP contribution is 2.41. The number of aryl methyl sites for hydroxylation is 1. The normalized spacial score (nSPS) is 17.8. The summed E-state index contributed by atoms with van der Waals surface area (Å²) >= 11 is 3.73. The van der Waals surface area contributed by atoms with Crippen molar-refractivity contribution in [3.8, 4) is 11.1 Å². The molecule has 140 valence electrons. The van der Waals surface area contributed by atoms with Gasteiger partial charge in [-0.2, -0.15) is 0 Å². The van der Waals surface area contributed by atoms with Crippen LogP contribution in [0.5, 0.6) is 0 Å². The van der Waals surface area contributed by atoms with Gasteiger partial charge in [0.2, 0.25) is 0 Å². The largest absolute Gasteiger partial charge is 0.365 e. The Balaban J connectivity index is 0.000000158. The van der Waals surface area contributed by atoms with E-state index in [-0.39, 0.29) is 0 Å². The molecule has 2 aromatic rings. The van der Waals surface area contributed by atoms with Crippen molar-refractivity contribution in [1.29, 1.82) is 0 Å². The molecule has 5 aliphatic rings. The lowest BCUT2D eigenvalue weighted by molar-refractivity contribution is 0.874. The van der Waals surface area contributed by atoms with Gasteiger partial charge in [0.1, 0.15) is 0 Å². The van der Waals surface area contributed by atoms with Crippen molar-refractivity contribution in [2.24, 2.45) is 0 Å². The summed E-state index contributed by atoms with van der Waals surface area (Å²) in [6.07, 6.45) is 20.2. The van der Waals surface area contributed by atoms with Crippen molar-refractivity contribution < 1.29 is 0 Å². The monoisotopic (exact) mass is 429 g/mol. The molecule has 0 amide bonds. The van der Waals surface area contributed by atoms with E-state index < -0.39 is 0 Å². The first-order valence-electron chi connectivity index (χ1n) is 10.2. The third-order valence-electron chi connectivity index (χ3n) is 6.09. The quantitative estimate of drug-likeness (QED) is 0.480. The van der Waals surface area contributed by atoms with Gasteiger partial charge < -0.3 is 5.32 Å². The molecule has 1 N–H and O–H groups in total. The number of nitrogens with one attached hydrogen (secondary N) is 1. The van der Waals surface area contributed by atoms with Crippen molar-refractivity contribution in [1.82, 2.24) is 5.32 Å². The summed E-state index contributed by atoms with van der Waals surface area (Å²) in [6.45, 7) is 0. The molecule has 2 heterocycles. The molecule has 2 aromatic carbocycles. The lowest BCUT2D eigenvalue weighted by Crippen LogP contribution is -2.10. The van der Waals surface area contributed by atoms with Gasteiger partial charge in [0.05, 0.1) is 0 Å². The molecule has 1 nitrogen and oxygen atoms in total. The van der Waals surface area contributed by atoms with Crippen molar-refractivity contribution in [3.63, 3.8) is 0 Å². The minimum atomic E-state index is 1.17. The topological polar surface area (TPSA) is 12.0 Å². The van der Waals surface area contributed by atoms with Crippen LogP contribution in [0.25, 0.3) is 17.2 Å². The number of benzene rings is 2. The van der Waals surface area contributed by atoms with E-state index in [9.17, 15) is 0 Å². The number of hydrogen-bond acceptors (Lipinski definition) is 1. The van der Waals surface area contributed by atoms with E-state index in [0.717, 1.165) is 0 Å². The van der Waals surface area contributed by atoms with Gasteiger partial charge in [-0.3, -0.25) is 0 Å². The summed E-state index contributed by atoms with van der Waals surface area (Å²) in [4.78, 5) is 0. The summed E-state index contributed by atoms with van der Waals surface area (Å²) in [5.74, 6) is 0. The van der Waals surface area contributed by atoms with Crippen LogP contribution in [0.15, 0.2) is 76.6 Å². The lowest BCUT2D eigenvalue weighted by atomic mass is 9.80. The standard InChI is InChI=1S/C18H15Br.C8H9N/c19-17-7-3-5-13-9-10-15-14-6-2-1-4-12(14)8-11-16(15)18(13)17;1-3-8-4-2-7(1)5-6-9-8/h1,3-5,7-8,11H,2,6,9-10H2;1,3,5-6,9H,2,4H2. The SMILES string of the molecule is Brc1cccc2c1-c1ccc3c(c1CC2)CCC=C3.C1=CC2=CC=C(CC2)N1. The van der Waals surface area contributed by atoms with Crippen LogP contribution in [0.4, 0.5) is 0 Å². The van der Waals surface area contributed by atoms with Crippen molar-refractivity contribution in [2.45, 2.75) is 38.5 Å². The molecule has 0 saturated carbocycles. The highest BCUT2D eigenvalue weighted by atomic mass is 79.9. The summed E-state index contributed by atoms with van der Waals surface area (Å²) in [6, 6.07) is 11.2. The van der Waals surface area contributed by atoms with Gasteiger partial charge >= 0.3 is 0 Å². The molecular formula is C26H24BrN. The fourth-order valence-electron chi connectivity index (χ4n) is 4.63. The zero-order valence-corrected chi connectivity index (χ0v) is 17.6. The van der Waals surface area contributed by atoms with E-state index in [1.54, 1.807) is 11.1 Å². The number of fused-ring (bicyclic) bond motifs is 8. The summed E-state index contributed by atoms with van der Waals surface area (Å²) in [7, 11) is 0. The Morgan fingerprint density at radius 2 is 1.79 bits per heavy atom. The van der Waals surface area contributed by atoms with Crippen molar-refractivity contribution in [2.75, 3.05) is 0 Å². The Hall–Kier alpha value is -2.32. The minimum absolute atomic E-state index is 1.17. The van der Waals surface area contributed by atoms with Gasteiger partial charge in [0.25, 0.3) is 0 Å². The van der Waals surface area contributed by atoms with E-state index in [2.05, 4.69) is 82.0 Å². The number of hydrogen-bond donors (Lipinski definition) is 1. The van der Waals surface area contributed by atoms with Crippen LogP contribution in [-0.4, -0.2) is 0 Å². The van der Waals surface area contributed by atoms with E-state index in [1.165, 1.54) is 76.5 Å². The molecule has 0 saturated heterocycles. The smallest absolute Gasteiger partial charge is 0.0256 e. The van der Waals surface area contributed by atoms with E-state index in [1.807, 2.05) is 6.20 Å². The van der Waals surface area contributed by atoms with Gasteiger partial charge in [-0.15, -0.1) is 0 Å². The number of rotatable bonds is 0. The third kappa shape index (κ3) is 3.31. The van der Waals surface area contributed by atoms with Crippen LogP contribution in [0, 0.1) is 0 Å². The van der Waals surface area contributed by atoms with Gasteiger partial charge in [0, 0.05) is 16.4 Å². The zero-order chi connectivity index (χ0) is 18.9.